The molecule has 0 amide bonds. The molecular formula is C38H44AgF4N9O9. The first-order valence-electron chi connectivity index (χ1n) is 19.1. The van der Waals surface area contributed by atoms with Crippen LogP contribution in [0.1, 0.15) is 86.2 Å². The van der Waals surface area contributed by atoms with Gasteiger partial charge in [-0.2, -0.15) is 0 Å². The zero-order valence-electron chi connectivity index (χ0n) is 33.2. The summed E-state index contributed by atoms with van der Waals surface area (Å²) < 4.78 is 64.5. The monoisotopic (exact) mass is 953 g/mol. The van der Waals surface area contributed by atoms with Crippen LogP contribution in [-0.4, -0.2) is 86.7 Å². The number of benzene rings is 2. The summed E-state index contributed by atoms with van der Waals surface area (Å²) in [5.41, 5.74) is 7.07. The minimum Gasteiger partial charge on any atom is -0.477 e. The molecule has 4 heterocycles. The number of carboxylic acid groups (broad SMARTS) is 2. The van der Waals surface area contributed by atoms with Crippen LogP contribution in [0.4, 0.5) is 40.3 Å². The van der Waals surface area contributed by atoms with Gasteiger partial charge in [0.1, 0.15) is 22.5 Å². The van der Waals surface area contributed by atoms with Gasteiger partial charge in [0, 0.05) is 74.8 Å². The van der Waals surface area contributed by atoms with Crippen molar-refractivity contribution < 1.29 is 64.8 Å². The van der Waals surface area contributed by atoms with Gasteiger partial charge < -0.3 is 66.6 Å². The molecule has 0 bridgehead atoms. The zero-order valence-corrected chi connectivity index (χ0v) is 34.7. The number of halogens is 4. The van der Waals surface area contributed by atoms with Crippen molar-refractivity contribution in [3.05, 3.63) is 82.6 Å². The van der Waals surface area contributed by atoms with Crippen LogP contribution in [0.3, 0.4) is 0 Å². The summed E-state index contributed by atoms with van der Waals surface area (Å²) in [6.45, 7) is 9.19. The van der Waals surface area contributed by atoms with Crippen LogP contribution in [0.15, 0.2) is 22.0 Å². The average Bonchev–Trinajstić information content (AvgIpc) is 4.07. The van der Waals surface area contributed by atoms with E-state index >= 15 is 17.6 Å². The number of carbonyl (C=O) groups is 2. The van der Waals surface area contributed by atoms with Gasteiger partial charge in [0.25, 0.3) is 0 Å². The number of hydrogen-bond acceptors (Lipinski definition) is 13. The quantitative estimate of drug-likeness (QED) is 0.0526. The predicted octanol–water partition coefficient (Wildman–Crippen LogP) is 3.92. The van der Waals surface area contributed by atoms with Crippen LogP contribution in [0.5, 0.6) is 0 Å². The first-order chi connectivity index (χ1) is 28.1. The third kappa shape index (κ3) is 9.13. The van der Waals surface area contributed by atoms with E-state index in [-0.39, 0.29) is 81.0 Å². The number of rotatable bonds is 6. The number of fused-ring (bicyclic) bond motifs is 2. The van der Waals surface area contributed by atoms with Crippen molar-refractivity contribution in [1.29, 1.82) is 0 Å². The van der Waals surface area contributed by atoms with E-state index in [0.717, 1.165) is 38.1 Å². The molecule has 0 spiro atoms. The van der Waals surface area contributed by atoms with Gasteiger partial charge in [0.05, 0.1) is 38.3 Å². The van der Waals surface area contributed by atoms with Crippen LogP contribution in [-0.2, 0) is 22.4 Å². The molecule has 18 nitrogen and oxygen atoms in total. The zero-order chi connectivity index (χ0) is 44.2. The minimum absolute atomic E-state index is 0. The number of hydrogen-bond donors (Lipinski definition) is 6. The summed E-state index contributed by atoms with van der Waals surface area (Å²) in [7, 11) is 0. The Morgan fingerprint density at radius 3 is 1.18 bits per heavy atom. The number of anilines is 4. The smallest absolute Gasteiger partial charge is 0.477 e. The second-order valence-electron chi connectivity index (χ2n) is 15.8. The van der Waals surface area contributed by atoms with E-state index in [4.69, 9.17) is 26.8 Å². The third-order valence-corrected chi connectivity index (χ3v) is 10.8. The summed E-state index contributed by atoms with van der Waals surface area (Å²) in [5, 5.41) is 39.2. The first-order valence-corrected chi connectivity index (χ1v) is 19.1. The van der Waals surface area contributed by atoms with Crippen molar-refractivity contribution >= 4 is 56.5 Å². The molecule has 8 rings (SSSR count). The van der Waals surface area contributed by atoms with Crippen molar-refractivity contribution in [2.45, 2.75) is 89.6 Å². The van der Waals surface area contributed by atoms with Crippen LogP contribution in [0.2, 0.25) is 0 Å². The fourth-order valence-corrected chi connectivity index (χ4v) is 8.26. The largest absolute Gasteiger partial charge is 1.00 e. The summed E-state index contributed by atoms with van der Waals surface area (Å²) >= 11 is 0. The van der Waals surface area contributed by atoms with E-state index in [2.05, 4.69) is 10.6 Å². The maximum absolute atomic E-state index is 15.6. The van der Waals surface area contributed by atoms with Gasteiger partial charge in [0.15, 0.2) is 23.3 Å². The molecule has 4 fully saturated rings. The maximum atomic E-state index is 15.6. The van der Waals surface area contributed by atoms with Crippen LogP contribution >= 0.6 is 0 Å². The van der Waals surface area contributed by atoms with Crippen molar-refractivity contribution in [3.63, 3.8) is 0 Å². The molecular weight excluding hydrogens is 910 g/mol. The Morgan fingerprint density at radius 2 is 0.934 bits per heavy atom. The summed E-state index contributed by atoms with van der Waals surface area (Å²) in [5.74, 6) is -6.68. The predicted molar refractivity (Wildman–Crippen MR) is 214 cm³/mol. The molecule has 4 aliphatic rings. The number of pyridine rings is 2. The van der Waals surface area contributed by atoms with E-state index in [0.29, 0.717) is 26.2 Å². The van der Waals surface area contributed by atoms with Crippen molar-refractivity contribution in [1.82, 2.24) is 19.8 Å². The van der Waals surface area contributed by atoms with Gasteiger partial charge in [-0.1, -0.05) is 0 Å². The third-order valence-electron chi connectivity index (χ3n) is 10.8. The second kappa shape index (κ2) is 17.9. The van der Waals surface area contributed by atoms with E-state index in [9.17, 15) is 29.4 Å². The standard InChI is InChI=1S/2C19H22F2N4O3.Ag.NO3/c2*1-8-5-24(6-9(2)23-8)17-13(20)15(22)12-16(14(17)21)25(10-3-4-10)7-11(18(12)26)19(27)28;;2-1(3)4/h2*7-10,23H,3-6,22H2,1-2H3,(H,27,28);;/q;;+1;-1/t2*8-,9+;;. The summed E-state index contributed by atoms with van der Waals surface area (Å²) in [4.78, 5) is 59.7. The van der Waals surface area contributed by atoms with E-state index in [1.54, 1.807) is 9.80 Å². The number of nitrogens with two attached hydrogens (primary N) is 2. The number of nitrogens with one attached hydrogen (secondary N) is 2. The average molecular weight is 955 g/mol. The van der Waals surface area contributed by atoms with Gasteiger partial charge in [0.2, 0.25) is 10.9 Å². The molecule has 61 heavy (non-hydrogen) atoms. The van der Waals surface area contributed by atoms with Gasteiger partial charge in [-0.25, -0.2) is 27.2 Å². The minimum atomic E-state index is -1.75. The van der Waals surface area contributed by atoms with Gasteiger partial charge >= 0.3 is 34.3 Å². The van der Waals surface area contributed by atoms with Gasteiger partial charge in [-0.05, 0) is 53.4 Å². The molecule has 2 aliphatic heterocycles. The Balaban J connectivity index is 0.000000209. The number of aromatic carboxylic acids is 2. The first kappa shape index (κ1) is 46.6. The molecule has 0 radical (unpaired) electrons. The van der Waals surface area contributed by atoms with Crippen LogP contribution in [0.25, 0.3) is 21.8 Å². The molecule has 4 aromatic rings. The normalized spacial score (nSPS) is 21.2. The molecule has 8 N–H and O–H groups in total. The molecule has 4 atom stereocenters. The fraction of sp³-hybridized carbons (Fsp3) is 0.474. The number of nitrogen functional groups attached to an aromatic ring is 2. The maximum Gasteiger partial charge on any atom is 1.00 e. The van der Waals surface area contributed by atoms with Crippen LogP contribution < -0.4 is 42.8 Å². The number of carboxylic acids is 2. The SMILES string of the molecule is C[C@@H]1CN(c2c(F)c(N)c3c(=O)c(C(=O)O)cn(C4CC4)c3c2F)C[C@H](C)N1.C[C@@H]1CN(c2c(F)c(N)c3c(=O)c(C(=O)O)cn(C4CC4)c3c2F)C[C@H](C)N1.O=[N+]([O-])[O-].[Ag+]. The van der Waals surface area contributed by atoms with E-state index < -0.39 is 84.4 Å². The Labute approximate surface area is 359 Å². The molecule has 2 saturated carbocycles. The Bertz CT molecular complexity index is 2360. The molecule has 2 aromatic carbocycles. The molecule has 334 valence electrons. The van der Waals surface area contributed by atoms with Gasteiger partial charge in [-0.15, -0.1) is 0 Å². The van der Waals surface area contributed by atoms with Crippen molar-refractivity contribution in [3.8, 4) is 0 Å². The molecule has 2 aliphatic carbocycles. The van der Waals surface area contributed by atoms with Gasteiger partial charge in [-0.3, -0.25) is 9.59 Å². The number of nitrogens with zero attached hydrogens (tertiary/aromatic N) is 5. The van der Waals surface area contributed by atoms with Crippen molar-refractivity contribution in [2.24, 2.45) is 0 Å². The summed E-state index contributed by atoms with van der Waals surface area (Å²) in [6, 6.07) is -0.207. The molecule has 2 saturated heterocycles. The second-order valence-corrected chi connectivity index (χ2v) is 15.8. The Kier molecular flexibility index (Phi) is 13.7. The van der Waals surface area contributed by atoms with Crippen molar-refractivity contribution in [2.75, 3.05) is 47.4 Å². The topological polar surface area (TPSA) is 267 Å². The molecule has 2 aromatic heterocycles. The van der Waals surface area contributed by atoms with E-state index in [1.165, 1.54) is 9.13 Å². The Morgan fingerprint density at radius 1 is 0.656 bits per heavy atom. The fourth-order valence-electron chi connectivity index (χ4n) is 8.26. The van der Waals surface area contributed by atoms with E-state index in [1.807, 2.05) is 27.7 Å². The Hall–Kier alpha value is -5.42. The van der Waals surface area contributed by atoms with Crippen LogP contribution in [0, 0.1) is 38.6 Å². The molecule has 23 heteroatoms. The molecule has 0 unspecified atom stereocenters. The number of piperazine rings is 2. The number of aromatic nitrogens is 2. The summed E-state index contributed by atoms with van der Waals surface area (Å²) in [6.07, 6.45) is 5.21.